The first kappa shape index (κ1) is 17.2. The highest BCUT2D eigenvalue weighted by Gasteiger charge is 2.23. The Bertz CT molecular complexity index is 1320. The van der Waals surface area contributed by atoms with Crippen LogP contribution in [0.1, 0.15) is 24.4 Å². The van der Waals surface area contributed by atoms with Crippen molar-refractivity contribution < 1.29 is 0 Å². The molecule has 0 fully saturated rings. The van der Waals surface area contributed by atoms with E-state index in [2.05, 4.69) is 27.4 Å². The molecule has 0 spiro atoms. The van der Waals surface area contributed by atoms with Crippen molar-refractivity contribution >= 4 is 50.7 Å². The van der Waals surface area contributed by atoms with Crippen LogP contribution in [-0.2, 0) is 0 Å². The number of fused-ring (bicyclic) bond motifs is 2. The summed E-state index contributed by atoms with van der Waals surface area (Å²) in [5.74, 6) is 0.432. The lowest BCUT2D eigenvalue weighted by molar-refractivity contribution is 0.559. The van der Waals surface area contributed by atoms with Gasteiger partial charge in [0.25, 0.3) is 0 Å². The number of aromatic nitrogens is 6. The van der Waals surface area contributed by atoms with E-state index >= 15 is 0 Å². The fourth-order valence-corrected chi connectivity index (χ4v) is 4.33. The standard InChI is InChI=1S/C19H16ClN7S/c1-10-16-18(21)22-9-23-19(16)26(24-10)11(2)17-14-4-3-12(20)7-15(14)27(25-17)13-5-6-28-8-13/h3-9,11H,1-2H3,(H2,21,22,23). The SMILES string of the molecule is Cc1nn(C(C)c2nn(-c3ccsc3)c3cc(Cl)ccc23)c2ncnc(N)c12. The van der Waals surface area contributed by atoms with Crippen LogP contribution in [0.15, 0.2) is 41.4 Å². The van der Waals surface area contributed by atoms with Crippen molar-refractivity contribution in [2.45, 2.75) is 19.9 Å². The molecule has 5 rings (SSSR count). The van der Waals surface area contributed by atoms with Gasteiger partial charge in [0.05, 0.1) is 34.0 Å². The predicted octanol–water partition coefficient (Wildman–Crippen LogP) is 4.38. The van der Waals surface area contributed by atoms with Crippen LogP contribution in [-0.4, -0.2) is 29.5 Å². The Labute approximate surface area is 169 Å². The fourth-order valence-electron chi connectivity index (χ4n) is 3.55. The van der Waals surface area contributed by atoms with E-state index in [1.54, 1.807) is 11.3 Å². The van der Waals surface area contributed by atoms with Gasteiger partial charge in [-0.1, -0.05) is 11.6 Å². The van der Waals surface area contributed by atoms with Gasteiger partial charge in [0, 0.05) is 15.8 Å². The second kappa shape index (κ2) is 6.29. The van der Waals surface area contributed by atoms with Crippen LogP contribution in [0.4, 0.5) is 5.82 Å². The number of aryl methyl sites for hydroxylation is 1. The van der Waals surface area contributed by atoms with Crippen molar-refractivity contribution in [2.75, 3.05) is 5.73 Å². The zero-order valence-corrected chi connectivity index (χ0v) is 16.7. The summed E-state index contributed by atoms with van der Waals surface area (Å²) in [6.45, 7) is 3.96. The van der Waals surface area contributed by atoms with E-state index in [0.717, 1.165) is 33.4 Å². The number of nitrogen functional groups attached to an aromatic ring is 1. The van der Waals surface area contributed by atoms with Gasteiger partial charge in [-0.3, -0.25) is 0 Å². The van der Waals surface area contributed by atoms with Crippen molar-refractivity contribution in [1.82, 2.24) is 29.5 Å². The van der Waals surface area contributed by atoms with E-state index < -0.39 is 0 Å². The minimum atomic E-state index is -0.158. The van der Waals surface area contributed by atoms with Crippen LogP contribution in [0.3, 0.4) is 0 Å². The Balaban J connectivity index is 1.75. The highest BCUT2D eigenvalue weighted by molar-refractivity contribution is 7.08. The maximum absolute atomic E-state index is 6.27. The van der Waals surface area contributed by atoms with Crippen LogP contribution in [0.5, 0.6) is 0 Å². The lowest BCUT2D eigenvalue weighted by Crippen LogP contribution is -2.11. The third-order valence-electron chi connectivity index (χ3n) is 4.88. The molecule has 140 valence electrons. The van der Waals surface area contributed by atoms with Gasteiger partial charge < -0.3 is 5.73 Å². The van der Waals surface area contributed by atoms with E-state index in [1.807, 2.05) is 45.9 Å². The zero-order valence-electron chi connectivity index (χ0n) is 15.2. The van der Waals surface area contributed by atoms with Crippen molar-refractivity contribution in [3.8, 4) is 5.69 Å². The topological polar surface area (TPSA) is 87.4 Å². The second-order valence-corrected chi connectivity index (χ2v) is 7.82. The average molecular weight is 410 g/mol. The van der Waals surface area contributed by atoms with Crippen LogP contribution in [0.2, 0.25) is 5.02 Å². The summed E-state index contributed by atoms with van der Waals surface area (Å²) < 4.78 is 3.78. The molecule has 0 aliphatic carbocycles. The number of nitrogens with two attached hydrogens (primary N) is 1. The first-order chi connectivity index (χ1) is 13.5. The number of hydrogen-bond donors (Lipinski definition) is 1. The van der Waals surface area contributed by atoms with Crippen molar-refractivity contribution in [3.63, 3.8) is 0 Å². The van der Waals surface area contributed by atoms with Gasteiger partial charge in [0.2, 0.25) is 0 Å². The van der Waals surface area contributed by atoms with E-state index in [-0.39, 0.29) is 6.04 Å². The molecule has 0 amide bonds. The van der Waals surface area contributed by atoms with Crippen LogP contribution < -0.4 is 5.73 Å². The van der Waals surface area contributed by atoms with Crippen molar-refractivity contribution in [2.24, 2.45) is 0 Å². The monoisotopic (exact) mass is 409 g/mol. The Hall–Kier alpha value is -2.97. The number of anilines is 1. The Morgan fingerprint density at radius 2 is 2.04 bits per heavy atom. The Morgan fingerprint density at radius 1 is 1.18 bits per heavy atom. The Kier molecular flexibility index (Phi) is 3.85. The highest BCUT2D eigenvalue weighted by atomic mass is 35.5. The summed E-state index contributed by atoms with van der Waals surface area (Å²) in [4.78, 5) is 8.51. The van der Waals surface area contributed by atoms with Gasteiger partial charge in [-0.05, 0) is 43.5 Å². The molecule has 1 unspecified atom stereocenters. The number of hydrogen-bond acceptors (Lipinski definition) is 6. The molecule has 1 atom stereocenters. The number of benzene rings is 1. The second-order valence-electron chi connectivity index (χ2n) is 6.60. The molecular formula is C19H16ClN7S. The zero-order chi connectivity index (χ0) is 19.4. The molecule has 7 nitrogen and oxygen atoms in total. The van der Waals surface area contributed by atoms with Crippen LogP contribution >= 0.6 is 22.9 Å². The molecule has 0 aliphatic rings. The van der Waals surface area contributed by atoms with Gasteiger partial charge in [-0.2, -0.15) is 21.5 Å². The molecule has 2 N–H and O–H groups in total. The Morgan fingerprint density at radius 3 is 2.82 bits per heavy atom. The molecule has 28 heavy (non-hydrogen) atoms. The lowest BCUT2D eigenvalue weighted by atomic mass is 10.1. The van der Waals surface area contributed by atoms with E-state index in [9.17, 15) is 0 Å². The lowest BCUT2D eigenvalue weighted by Gasteiger charge is -2.11. The largest absolute Gasteiger partial charge is 0.383 e. The highest BCUT2D eigenvalue weighted by Crippen LogP contribution is 2.32. The smallest absolute Gasteiger partial charge is 0.164 e. The molecule has 0 saturated heterocycles. The molecule has 5 aromatic rings. The summed E-state index contributed by atoms with van der Waals surface area (Å²) in [7, 11) is 0. The summed E-state index contributed by atoms with van der Waals surface area (Å²) in [6, 6.07) is 7.69. The molecule has 4 heterocycles. The number of rotatable bonds is 3. The summed E-state index contributed by atoms with van der Waals surface area (Å²) in [5.41, 5.74) is 10.4. The molecule has 9 heteroatoms. The molecule has 0 bridgehead atoms. The molecule has 1 aromatic carbocycles. The number of nitrogens with zero attached hydrogens (tertiary/aromatic N) is 6. The summed E-state index contributed by atoms with van der Waals surface area (Å²) in [6.07, 6.45) is 1.46. The number of thiophene rings is 1. The van der Waals surface area contributed by atoms with Gasteiger partial charge in [0.15, 0.2) is 5.65 Å². The molecular weight excluding hydrogens is 394 g/mol. The molecule has 0 radical (unpaired) electrons. The van der Waals surface area contributed by atoms with Crippen LogP contribution in [0.25, 0.3) is 27.6 Å². The summed E-state index contributed by atoms with van der Waals surface area (Å²) >= 11 is 7.90. The van der Waals surface area contributed by atoms with Gasteiger partial charge in [-0.25, -0.2) is 19.3 Å². The van der Waals surface area contributed by atoms with Crippen LogP contribution in [0, 0.1) is 6.92 Å². The van der Waals surface area contributed by atoms with Gasteiger partial charge >= 0.3 is 0 Å². The predicted molar refractivity (Wildman–Crippen MR) is 112 cm³/mol. The minimum absolute atomic E-state index is 0.158. The van der Waals surface area contributed by atoms with Gasteiger partial charge in [0.1, 0.15) is 12.1 Å². The van der Waals surface area contributed by atoms with E-state index in [1.165, 1.54) is 6.33 Å². The van der Waals surface area contributed by atoms with Gasteiger partial charge in [-0.15, -0.1) is 0 Å². The minimum Gasteiger partial charge on any atom is -0.383 e. The van der Waals surface area contributed by atoms with Crippen molar-refractivity contribution in [3.05, 3.63) is 57.8 Å². The normalized spacial score (nSPS) is 12.8. The quantitative estimate of drug-likeness (QED) is 0.477. The van der Waals surface area contributed by atoms with E-state index in [0.29, 0.717) is 16.5 Å². The molecule has 0 aliphatic heterocycles. The maximum atomic E-state index is 6.27. The first-order valence-electron chi connectivity index (χ1n) is 8.70. The molecule has 0 saturated carbocycles. The summed E-state index contributed by atoms with van der Waals surface area (Å²) in [5, 5.41) is 16.2. The third-order valence-corrected chi connectivity index (χ3v) is 5.78. The maximum Gasteiger partial charge on any atom is 0.164 e. The fraction of sp³-hybridized carbons (Fsp3) is 0.158. The number of halogens is 1. The van der Waals surface area contributed by atoms with Crippen molar-refractivity contribution in [1.29, 1.82) is 0 Å². The van der Waals surface area contributed by atoms with E-state index in [4.69, 9.17) is 22.4 Å². The first-order valence-corrected chi connectivity index (χ1v) is 10.0. The molecule has 4 aromatic heterocycles. The average Bonchev–Trinajstić information content (AvgIpc) is 3.39. The third kappa shape index (κ3) is 2.49.